The maximum absolute atomic E-state index is 12.8. The van der Waals surface area contributed by atoms with Gasteiger partial charge in [0.05, 0.1) is 12.7 Å². The van der Waals surface area contributed by atoms with Crippen molar-refractivity contribution in [3.63, 3.8) is 0 Å². The van der Waals surface area contributed by atoms with E-state index in [1.807, 2.05) is 78.9 Å². The van der Waals surface area contributed by atoms with Crippen LogP contribution in [0.4, 0.5) is 5.82 Å². The average Bonchev–Trinajstić information content (AvgIpc) is 3.08. The van der Waals surface area contributed by atoms with Crippen molar-refractivity contribution in [2.75, 3.05) is 5.32 Å². The van der Waals surface area contributed by atoms with Gasteiger partial charge in [0.25, 0.3) is 5.91 Å². The van der Waals surface area contributed by atoms with Gasteiger partial charge in [0.15, 0.2) is 0 Å². The van der Waals surface area contributed by atoms with Crippen LogP contribution in [-0.2, 0) is 6.54 Å². The smallest absolute Gasteiger partial charge is 0.257 e. The first kappa shape index (κ1) is 15.1. The second-order valence-corrected chi connectivity index (χ2v) is 5.84. The summed E-state index contributed by atoms with van der Waals surface area (Å²) in [6.07, 6.45) is 1.70. The molecule has 4 aromatic rings. The highest BCUT2D eigenvalue weighted by Crippen LogP contribution is 2.20. The van der Waals surface area contributed by atoms with Gasteiger partial charge in [-0.15, -0.1) is 0 Å². The second kappa shape index (κ2) is 6.61. The quantitative estimate of drug-likeness (QED) is 0.606. The summed E-state index contributed by atoms with van der Waals surface area (Å²) in [4.78, 5) is 12.8. The zero-order valence-corrected chi connectivity index (χ0v) is 13.6. The number of carbonyl (C=O) groups is 1. The summed E-state index contributed by atoms with van der Waals surface area (Å²) in [5.41, 5.74) is 1.79. The molecule has 4 rings (SSSR count). The predicted molar refractivity (Wildman–Crippen MR) is 99.7 cm³/mol. The Morgan fingerprint density at radius 3 is 2.52 bits per heavy atom. The van der Waals surface area contributed by atoms with Gasteiger partial charge in [-0.05, 0) is 22.4 Å². The van der Waals surface area contributed by atoms with Crippen LogP contribution in [0.15, 0.2) is 85.1 Å². The molecule has 0 radical (unpaired) electrons. The van der Waals surface area contributed by atoms with Gasteiger partial charge in [-0.2, -0.15) is 5.10 Å². The molecule has 0 saturated heterocycles. The standard InChI is InChI=1S/C21H17N3O/c25-21(19-12-6-10-17-9-4-5-11-18(17)19)23-20-13-14-22-24(20)15-16-7-2-1-3-8-16/h1-14H,15H2,(H,23,25). The molecular formula is C21H17N3O. The highest BCUT2D eigenvalue weighted by atomic mass is 16.1. The van der Waals surface area contributed by atoms with Crippen molar-refractivity contribution in [1.82, 2.24) is 9.78 Å². The number of nitrogens with one attached hydrogen (secondary N) is 1. The van der Waals surface area contributed by atoms with E-state index in [-0.39, 0.29) is 5.91 Å². The van der Waals surface area contributed by atoms with E-state index in [9.17, 15) is 4.79 Å². The maximum atomic E-state index is 12.8. The van der Waals surface area contributed by atoms with E-state index in [4.69, 9.17) is 0 Å². The molecule has 1 amide bonds. The monoisotopic (exact) mass is 327 g/mol. The summed E-state index contributed by atoms with van der Waals surface area (Å²) in [6, 6.07) is 25.5. The Morgan fingerprint density at radius 1 is 0.880 bits per heavy atom. The molecule has 0 atom stereocenters. The Bertz CT molecular complexity index is 1020. The number of benzene rings is 3. The molecule has 4 heteroatoms. The van der Waals surface area contributed by atoms with Gasteiger partial charge in [-0.3, -0.25) is 4.79 Å². The highest BCUT2D eigenvalue weighted by Gasteiger charge is 2.12. The van der Waals surface area contributed by atoms with Crippen LogP contribution in [0.1, 0.15) is 15.9 Å². The molecule has 0 unspecified atom stereocenters. The first-order valence-corrected chi connectivity index (χ1v) is 8.16. The predicted octanol–water partition coefficient (Wildman–Crippen LogP) is 4.34. The van der Waals surface area contributed by atoms with Gasteiger partial charge in [-0.1, -0.05) is 66.7 Å². The first-order chi connectivity index (χ1) is 12.3. The maximum Gasteiger partial charge on any atom is 0.257 e. The Balaban J connectivity index is 1.60. The SMILES string of the molecule is O=C(Nc1ccnn1Cc1ccccc1)c1cccc2ccccc12. The lowest BCUT2D eigenvalue weighted by Crippen LogP contribution is -2.16. The minimum absolute atomic E-state index is 0.133. The minimum Gasteiger partial charge on any atom is -0.307 e. The lowest BCUT2D eigenvalue weighted by molar-refractivity contribution is 0.102. The average molecular weight is 327 g/mol. The largest absolute Gasteiger partial charge is 0.307 e. The number of fused-ring (bicyclic) bond motifs is 1. The van der Waals surface area contributed by atoms with E-state index in [1.165, 1.54) is 0 Å². The number of aromatic nitrogens is 2. The molecular weight excluding hydrogens is 310 g/mol. The molecule has 0 aliphatic carbocycles. The minimum atomic E-state index is -0.133. The van der Waals surface area contributed by atoms with Crippen LogP contribution >= 0.6 is 0 Å². The zero-order chi connectivity index (χ0) is 17.1. The van der Waals surface area contributed by atoms with Crippen LogP contribution in [0.2, 0.25) is 0 Å². The molecule has 4 nitrogen and oxygen atoms in total. The molecule has 0 spiro atoms. The third-order valence-corrected chi connectivity index (χ3v) is 4.17. The van der Waals surface area contributed by atoms with Gasteiger partial charge in [0.2, 0.25) is 0 Å². The van der Waals surface area contributed by atoms with Gasteiger partial charge >= 0.3 is 0 Å². The fourth-order valence-corrected chi connectivity index (χ4v) is 2.93. The van der Waals surface area contributed by atoms with Gasteiger partial charge in [0, 0.05) is 11.6 Å². The van der Waals surface area contributed by atoms with Crippen LogP contribution in [0.5, 0.6) is 0 Å². The van der Waals surface area contributed by atoms with Crippen molar-refractivity contribution in [2.45, 2.75) is 6.54 Å². The molecule has 0 aliphatic rings. The van der Waals surface area contributed by atoms with Gasteiger partial charge in [0.1, 0.15) is 5.82 Å². The number of anilines is 1. The van der Waals surface area contributed by atoms with Gasteiger partial charge < -0.3 is 5.32 Å². The van der Waals surface area contributed by atoms with Gasteiger partial charge in [-0.25, -0.2) is 4.68 Å². The lowest BCUT2D eigenvalue weighted by atomic mass is 10.0. The van der Waals surface area contributed by atoms with E-state index in [0.29, 0.717) is 17.9 Å². The number of rotatable bonds is 4. The molecule has 1 heterocycles. The van der Waals surface area contributed by atoms with Crippen LogP contribution in [-0.4, -0.2) is 15.7 Å². The fraction of sp³-hybridized carbons (Fsp3) is 0.0476. The first-order valence-electron chi connectivity index (χ1n) is 8.16. The Labute approximate surface area is 145 Å². The molecule has 0 fully saturated rings. The van der Waals surface area contributed by atoms with Crippen LogP contribution in [0.3, 0.4) is 0 Å². The van der Waals surface area contributed by atoms with E-state index in [2.05, 4.69) is 10.4 Å². The summed E-state index contributed by atoms with van der Waals surface area (Å²) in [6.45, 7) is 0.610. The lowest BCUT2D eigenvalue weighted by Gasteiger charge is -2.10. The third-order valence-electron chi connectivity index (χ3n) is 4.17. The number of amides is 1. The number of hydrogen-bond acceptors (Lipinski definition) is 2. The molecule has 0 aliphatic heterocycles. The van der Waals surface area contributed by atoms with Crippen molar-refractivity contribution in [3.05, 3.63) is 96.2 Å². The third kappa shape index (κ3) is 3.15. The van der Waals surface area contributed by atoms with E-state index < -0.39 is 0 Å². The molecule has 1 N–H and O–H groups in total. The van der Waals surface area contributed by atoms with Crippen molar-refractivity contribution < 1.29 is 4.79 Å². The van der Waals surface area contributed by atoms with Crippen LogP contribution in [0.25, 0.3) is 10.8 Å². The second-order valence-electron chi connectivity index (χ2n) is 5.84. The topological polar surface area (TPSA) is 46.9 Å². The normalized spacial score (nSPS) is 10.7. The van der Waals surface area contributed by atoms with Crippen LogP contribution < -0.4 is 5.32 Å². The summed E-state index contributed by atoms with van der Waals surface area (Å²) in [5.74, 6) is 0.549. The van der Waals surface area contributed by atoms with E-state index in [1.54, 1.807) is 10.9 Å². The van der Waals surface area contributed by atoms with Crippen molar-refractivity contribution >= 4 is 22.5 Å². The summed E-state index contributed by atoms with van der Waals surface area (Å²) < 4.78 is 1.79. The number of nitrogens with zero attached hydrogens (tertiary/aromatic N) is 2. The van der Waals surface area contributed by atoms with Crippen molar-refractivity contribution in [2.24, 2.45) is 0 Å². The van der Waals surface area contributed by atoms with E-state index >= 15 is 0 Å². The number of carbonyl (C=O) groups excluding carboxylic acids is 1. The fourth-order valence-electron chi connectivity index (χ4n) is 2.93. The Hall–Kier alpha value is -3.40. The summed E-state index contributed by atoms with van der Waals surface area (Å²) >= 11 is 0. The van der Waals surface area contributed by atoms with Crippen molar-refractivity contribution in [3.8, 4) is 0 Å². The highest BCUT2D eigenvalue weighted by molar-refractivity contribution is 6.12. The van der Waals surface area contributed by atoms with E-state index in [0.717, 1.165) is 16.3 Å². The molecule has 3 aromatic carbocycles. The van der Waals surface area contributed by atoms with Crippen molar-refractivity contribution in [1.29, 1.82) is 0 Å². The Kier molecular flexibility index (Phi) is 4.01. The molecule has 0 saturated carbocycles. The molecule has 1 aromatic heterocycles. The molecule has 25 heavy (non-hydrogen) atoms. The number of hydrogen-bond donors (Lipinski definition) is 1. The molecule has 122 valence electrons. The zero-order valence-electron chi connectivity index (χ0n) is 13.6. The summed E-state index contributed by atoms with van der Waals surface area (Å²) in [7, 11) is 0. The Morgan fingerprint density at radius 2 is 1.64 bits per heavy atom. The summed E-state index contributed by atoms with van der Waals surface area (Å²) in [5, 5.41) is 9.29. The van der Waals surface area contributed by atoms with Crippen LogP contribution in [0, 0.1) is 0 Å². The molecule has 0 bridgehead atoms.